The molecule has 4 N–H and O–H groups in total. The van der Waals surface area contributed by atoms with Crippen molar-refractivity contribution in [3.63, 3.8) is 0 Å². The number of aryl methyl sites for hydroxylation is 8. The Kier molecular flexibility index (Phi) is 27.5. The number of aromatic nitrogens is 4. The summed E-state index contributed by atoms with van der Waals surface area (Å²) in [4.78, 5) is 23.2. The van der Waals surface area contributed by atoms with Crippen LogP contribution in [0.3, 0.4) is 0 Å². The summed E-state index contributed by atoms with van der Waals surface area (Å²) in [6.07, 6.45) is 7.56. The second-order valence-electron chi connectivity index (χ2n) is 31.2. The van der Waals surface area contributed by atoms with Gasteiger partial charge in [-0.05, 0) is 274 Å². The van der Waals surface area contributed by atoms with Crippen LogP contribution in [-0.4, -0.2) is 194 Å². The van der Waals surface area contributed by atoms with Crippen molar-refractivity contribution >= 4 is 86.5 Å². The van der Waals surface area contributed by atoms with Gasteiger partial charge in [0.1, 0.15) is 0 Å². The van der Waals surface area contributed by atoms with Gasteiger partial charge in [-0.1, -0.05) is 48.5 Å². The number of quaternary nitrogens is 4. The van der Waals surface area contributed by atoms with E-state index in [4.69, 9.17) is 19.9 Å². The molecule has 0 fully saturated rings. The largest absolute Gasteiger partial charge is 2.00 e. The average molecular weight is 1610 g/mol. The van der Waals surface area contributed by atoms with Crippen LogP contribution in [0.2, 0.25) is 0 Å². The minimum atomic E-state index is -4.17. The molecule has 0 spiro atoms. The number of nitrogens with zero attached hydrogens (tertiary/aromatic N) is 8. The normalized spacial score (nSPS) is 13.3. The van der Waals surface area contributed by atoms with Gasteiger partial charge in [0, 0.05) is 0 Å². The molecule has 9 rings (SSSR count). The predicted molar refractivity (Wildman–Crippen MR) is 445 cm³/mol. The molecule has 2 aliphatic rings. The van der Waals surface area contributed by atoms with Crippen LogP contribution < -0.4 is 28.9 Å². The Morgan fingerprint density at radius 2 is 0.468 bits per heavy atom. The first kappa shape index (κ1) is 88.0. The molecule has 0 aliphatic carbocycles. The molecule has 0 saturated heterocycles. The number of hydrogen-bond acceptors (Lipinski definition) is 10. The third-order valence-corrected chi connectivity index (χ3v) is 31.2. The Labute approximate surface area is 662 Å². The molecule has 7 aromatic rings. The van der Waals surface area contributed by atoms with Crippen molar-refractivity contribution in [2.45, 2.75) is 158 Å². The van der Waals surface area contributed by atoms with Crippen LogP contribution in [0.1, 0.15) is 145 Å². The van der Waals surface area contributed by atoms with Crippen molar-refractivity contribution in [1.29, 1.82) is 0 Å². The molecule has 0 unspecified atom stereocenters. The molecule has 109 heavy (non-hydrogen) atoms. The Balaban J connectivity index is 0.0000150. The van der Waals surface area contributed by atoms with E-state index in [9.17, 15) is 0 Å². The van der Waals surface area contributed by atoms with Gasteiger partial charge >= 0.3 is 17.1 Å². The van der Waals surface area contributed by atoms with Crippen LogP contribution in [0.4, 0.5) is 0 Å². The molecule has 0 saturated carbocycles. The van der Waals surface area contributed by atoms with E-state index in [0.29, 0.717) is 178 Å². The Bertz CT molecular complexity index is 4740. The number of hydrogen-bond donors (Lipinski definition) is 4. The summed E-state index contributed by atoms with van der Waals surface area (Å²) in [6, 6.07) is 15.1. The molecule has 0 amide bonds. The fourth-order valence-corrected chi connectivity index (χ4v) is 22.2. The molecule has 5 heterocycles. The molecule has 0 atom stereocenters. The fraction of sp³-hybridized carbons (Fsp3) is 0.476. The summed E-state index contributed by atoms with van der Waals surface area (Å²) in [6.45, 7) is 48.9. The predicted octanol–water partition coefficient (Wildman–Crippen LogP) is 13.3. The zero-order chi connectivity index (χ0) is 79.9. The van der Waals surface area contributed by atoms with E-state index in [1.54, 1.807) is 0 Å². The van der Waals surface area contributed by atoms with Crippen molar-refractivity contribution in [2.24, 2.45) is 0 Å². The van der Waals surface area contributed by atoms with Crippen molar-refractivity contribution in [3.8, 4) is 44.5 Å². The maximum absolute atomic E-state index is 15.1. The fourth-order valence-electron chi connectivity index (χ4n) is 16.2. The maximum Gasteiger partial charge on any atom is 2.00 e. The minimum absolute atomic E-state index is 0. The Morgan fingerprint density at radius 1 is 0.294 bits per heavy atom. The van der Waals surface area contributed by atoms with Gasteiger partial charge in [-0.15, -0.1) is 22.1 Å². The van der Waals surface area contributed by atoms with Gasteiger partial charge in [-0.25, -0.2) is 62.5 Å². The van der Waals surface area contributed by atoms with E-state index in [1.165, 1.54) is 0 Å². The van der Waals surface area contributed by atoms with Crippen LogP contribution in [0.5, 0.6) is 0 Å². The van der Waals surface area contributed by atoms with Gasteiger partial charge in [0.25, 0.3) is 0 Å². The Hall–Kier alpha value is -6.52. The summed E-state index contributed by atoms with van der Waals surface area (Å²) in [5, 5.41) is 0. The van der Waals surface area contributed by atoms with E-state index < -0.39 is 40.1 Å². The summed E-state index contributed by atoms with van der Waals surface area (Å²) >= 11 is 0. The number of benzene rings is 4. The molecule has 8 bridgehead atoms. The topological polar surface area (TPSA) is 239 Å². The zero-order valence-electron chi connectivity index (χ0n) is 69.1. The molecule has 592 valence electrons. The van der Waals surface area contributed by atoms with Crippen LogP contribution in [0.15, 0.2) is 68.1 Å². The molecule has 3 aromatic heterocycles. The van der Waals surface area contributed by atoms with Crippen LogP contribution >= 0.6 is 0 Å². The van der Waals surface area contributed by atoms with Crippen molar-refractivity contribution in [1.82, 2.24) is 38.8 Å². The molecular formula is C84H120FeN12O8S4+4. The quantitative estimate of drug-likeness (QED) is 0.0227. The summed E-state index contributed by atoms with van der Waals surface area (Å²) in [7, 11) is -8.23. The van der Waals surface area contributed by atoms with Gasteiger partial charge in [-0.3, -0.25) is 0 Å². The number of nitrogens with one attached hydrogen (secondary N) is 4. The molecular weight excluding hydrogens is 1490 g/mol. The van der Waals surface area contributed by atoms with E-state index in [1.807, 2.05) is 156 Å². The monoisotopic (exact) mass is 1610 g/mol. The van der Waals surface area contributed by atoms with Crippen molar-refractivity contribution < 1.29 is 68.7 Å². The van der Waals surface area contributed by atoms with Crippen molar-refractivity contribution in [2.75, 3.05) is 133 Å². The zero-order valence-corrected chi connectivity index (χ0v) is 73.4. The van der Waals surface area contributed by atoms with Gasteiger partial charge in [0.05, 0.1) is 175 Å². The summed E-state index contributed by atoms with van der Waals surface area (Å²) in [5.41, 5.74) is 14.9. The third-order valence-electron chi connectivity index (χ3n) is 24.2. The number of likely N-dealkylation sites (N-methyl/N-ethyl adjacent to an activating group) is 4. The average Bonchev–Trinajstić information content (AvgIpc) is 1.74. The molecule has 4 aromatic carbocycles. The van der Waals surface area contributed by atoms with E-state index in [2.05, 4.69) is 102 Å². The molecule has 20 nitrogen and oxygen atoms in total. The van der Waals surface area contributed by atoms with E-state index in [0.717, 1.165) is 74.6 Å². The molecule has 25 heteroatoms. The maximum atomic E-state index is 15.1. The summed E-state index contributed by atoms with van der Waals surface area (Å²) < 4.78 is 136. The minimum Gasteiger partial charge on any atom is -0.657 e. The third kappa shape index (κ3) is 17.8. The van der Waals surface area contributed by atoms with Crippen LogP contribution in [-0.2, 0) is 57.2 Å². The molecule has 0 radical (unpaired) electrons. The second-order valence-corrected chi connectivity index (χ2v) is 38.0. The first-order valence-corrected chi connectivity index (χ1v) is 44.3. The van der Waals surface area contributed by atoms with Crippen LogP contribution in [0.25, 0.3) is 90.9 Å². The second kappa shape index (κ2) is 34.0. The van der Waals surface area contributed by atoms with Gasteiger partial charge in [0.15, 0.2) is 0 Å². The first-order chi connectivity index (χ1) is 50.5. The standard InChI is InChI=1S/C84H120N12O8S4.Fe/c1-25-93(21,26-2)45-41-85-105(97,98)81-57(13)49-53(9)73(61(81)17)77-65-33-35-67(89-65)78(74-54(10)50-58(14)82(62(74)18)106(99,100)86-42-46-94(22,27-3)28-4)69-37-39-71(91-69)80(76-56(12)52-60(16)84(64(76)20)108(103,104)88-44-48-96(24,31-7)32-8)72-40-38-70(92-72)79(68-36-34-66(77)90-68)75-55(11)51-59(15)83(63(75)19)107(101,102)87-43-47-95(23,29-5)30-6;/h33-40,49-52,85-88H,25-32,41-48H2,1-24H3;/q2*+2. The Morgan fingerprint density at radius 3 is 0.633 bits per heavy atom. The van der Waals surface area contributed by atoms with Gasteiger partial charge < -0.3 is 27.9 Å². The first-order valence-electron chi connectivity index (χ1n) is 38.4. The van der Waals surface area contributed by atoms with Crippen molar-refractivity contribution in [3.05, 3.63) is 138 Å². The van der Waals surface area contributed by atoms with Crippen LogP contribution in [0, 0.1) is 83.1 Å². The van der Waals surface area contributed by atoms with Gasteiger partial charge in [-0.2, -0.15) is 0 Å². The van der Waals surface area contributed by atoms with E-state index >= 15 is 33.7 Å². The number of fused-ring (bicyclic) bond motifs is 8. The molecule has 2 aliphatic heterocycles. The SMILES string of the molecule is CC[N+](C)(CC)CCNS(=O)(=O)c1c(C)cc(C)c(-c2c3nc(c(-c4c(C)cc(C)c(S(=O)(=O)NCC[N+](C)(CC)CC)c4C)c4ccc([n-]4)c(-c4c(C)cc(C)c(S(=O)(=O)NCC[N+](C)(CC)CC)c4C)c4nc(c(-c5c(C)cc(C)c(S(=O)(=O)NCC[N+](C)(CC)CC)c5C)c5ccc2[n-]5)C=C4)C=C3)c1C.[Fe+2]. The van der Waals surface area contributed by atoms with Gasteiger partial charge in [0.2, 0.25) is 40.1 Å². The number of rotatable bonds is 32. The van der Waals surface area contributed by atoms with E-state index in [-0.39, 0.29) is 62.8 Å². The summed E-state index contributed by atoms with van der Waals surface area (Å²) in [5.74, 6) is 0. The smallest absolute Gasteiger partial charge is 0.657 e. The number of sulfonamides is 4.